The fraction of sp³-hybridized carbons (Fsp3) is 0.474. The van der Waals surface area contributed by atoms with E-state index < -0.39 is 0 Å². The van der Waals surface area contributed by atoms with Gasteiger partial charge in [-0.05, 0) is 30.9 Å². The molecule has 0 spiro atoms. The number of hydrogen-bond acceptors (Lipinski definition) is 6. The van der Waals surface area contributed by atoms with Gasteiger partial charge in [-0.3, -0.25) is 14.5 Å². The Hall–Kier alpha value is -2.19. The highest BCUT2D eigenvalue weighted by Gasteiger charge is 2.30. The van der Waals surface area contributed by atoms with E-state index in [1.54, 1.807) is 4.90 Å². The van der Waals surface area contributed by atoms with Gasteiger partial charge in [0.25, 0.3) is 0 Å². The molecule has 148 valence electrons. The number of halogens is 1. The van der Waals surface area contributed by atoms with Gasteiger partial charge >= 0.3 is 0 Å². The summed E-state index contributed by atoms with van der Waals surface area (Å²) < 4.78 is 0. The number of aromatic nitrogens is 2. The summed E-state index contributed by atoms with van der Waals surface area (Å²) in [5.74, 6) is 0.0410. The summed E-state index contributed by atoms with van der Waals surface area (Å²) in [6, 6.07) is 7.52. The number of carbonyl (C=O) groups excluding carboxylic acids is 2. The first-order valence-corrected chi connectivity index (χ1v) is 10.7. The standard InChI is InChI=1S/C19H22ClN5O2S/c20-15-7-2-1-5-13(15)11-21-17(27)14-6-3-9-24(12-14)18-22-23-19(28-18)25-10-4-8-16(25)26/h1-2,5,7,14H,3-4,6,8-12H2,(H,21,27). The van der Waals surface area contributed by atoms with Gasteiger partial charge in [-0.15, -0.1) is 10.2 Å². The summed E-state index contributed by atoms with van der Waals surface area (Å²) in [6.45, 7) is 2.59. The molecule has 1 atom stereocenters. The third-order valence-electron chi connectivity index (χ3n) is 5.18. The second-order valence-electron chi connectivity index (χ2n) is 7.11. The zero-order valence-electron chi connectivity index (χ0n) is 15.4. The first kappa shape index (κ1) is 19.1. The lowest BCUT2D eigenvalue weighted by molar-refractivity contribution is -0.125. The minimum atomic E-state index is -0.1000. The Balaban J connectivity index is 1.36. The summed E-state index contributed by atoms with van der Waals surface area (Å²) in [4.78, 5) is 28.4. The molecule has 1 N–H and O–H groups in total. The van der Waals surface area contributed by atoms with E-state index >= 15 is 0 Å². The summed E-state index contributed by atoms with van der Waals surface area (Å²) in [6.07, 6.45) is 3.21. The topological polar surface area (TPSA) is 78.4 Å². The smallest absolute Gasteiger partial charge is 0.228 e. The number of piperidine rings is 1. The Labute approximate surface area is 172 Å². The molecule has 2 amide bonds. The average molecular weight is 420 g/mol. The van der Waals surface area contributed by atoms with E-state index in [0.717, 1.165) is 36.5 Å². The molecule has 9 heteroatoms. The molecule has 1 aromatic heterocycles. The van der Waals surface area contributed by atoms with Crippen LogP contribution in [0.3, 0.4) is 0 Å². The van der Waals surface area contributed by atoms with Crippen molar-refractivity contribution in [3.8, 4) is 0 Å². The van der Waals surface area contributed by atoms with Crippen molar-refractivity contribution in [3.63, 3.8) is 0 Å². The third-order valence-corrected chi connectivity index (χ3v) is 6.56. The van der Waals surface area contributed by atoms with Crippen LogP contribution in [0.15, 0.2) is 24.3 Å². The highest BCUT2D eigenvalue weighted by atomic mass is 35.5. The zero-order chi connectivity index (χ0) is 19.5. The maximum Gasteiger partial charge on any atom is 0.228 e. The van der Waals surface area contributed by atoms with Gasteiger partial charge in [0.05, 0.1) is 5.92 Å². The van der Waals surface area contributed by atoms with Crippen LogP contribution in [-0.2, 0) is 16.1 Å². The molecule has 2 aliphatic heterocycles. The maximum atomic E-state index is 12.7. The van der Waals surface area contributed by atoms with Gasteiger partial charge in [0, 0.05) is 37.6 Å². The van der Waals surface area contributed by atoms with Crippen LogP contribution in [0, 0.1) is 5.92 Å². The molecule has 0 saturated carbocycles. The van der Waals surface area contributed by atoms with E-state index in [9.17, 15) is 9.59 Å². The molecular weight excluding hydrogens is 398 g/mol. The highest BCUT2D eigenvalue weighted by molar-refractivity contribution is 7.19. The Bertz CT molecular complexity index is 874. The molecule has 3 heterocycles. The number of hydrogen-bond donors (Lipinski definition) is 1. The van der Waals surface area contributed by atoms with E-state index in [1.807, 2.05) is 24.3 Å². The van der Waals surface area contributed by atoms with Crippen LogP contribution in [0.1, 0.15) is 31.2 Å². The van der Waals surface area contributed by atoms with Crippen LogP contribution in [0.5, 0.6) is 0 Å². The molecule has 2 saturated heterocycles. The average Bonchev–Trinajstić information content (AvgIpc) is 3.36. The second-order valence-corrected chi connectivity index (χ2v) is 8.45. The molecule has 2 aliphatic rings. The third kappa shape index (κ3) is 4.12. The minimum absolute atomic E-state index is 0.0316. The van der Waals surface area contributed by atoms with Crippen LogP contribution >= 0.6 is 22.9 Å². The number of nitrogens with zero attached hydrogens (tertiary/aromatic N) is 4. The van der Waals surface area contributed by atoms with Gasteiger partial charge in [-0.2, -0.15) is 0 Å². The van der Waals surface area contributed by atoms with Crippen molar-refractivity contribution >= 4 is 45.0 Å². The molecule has 1 unspecified atom stereocenters. The van der Waals surface area contributed by atoms with Crippen molar-refractivity contribution in [2.24, 2.45) is 5.92 Å². The van der Waals surface area contributed by atoms with E-state index in [-0.39, 0.29) is 17.7 Å². The van der Waals surface area contributed by atoms with Gasteiger partial charge in [-0.1, -0.05) is 41.1 Å². The number of nitrogens with one attached hydrogen (secondary N) is 1. The highest BCUT2D eigenvalue weighted by Crippen LogP contribution is 2.32. The zero-order valence-corrected chi connectivity index (χ0v) is 17.0. The van der Waals surface area contributed by atoms with Crippen LogP contribution in [0.2, 0.25) is 5.02 Å². The summed E-state index contributed by atoms with van der Waals surface area (Å²) >= 11 is 7.59. The molecule has 28 heavy (non-hydrogen) atoms. The Morgan fingerprint density at radius 2 is 2.04 bits per heavy atom. The van der Waals surface area contributed by atoms with Crippen molar-refractivity contribution in [1.29, 1.82) is 0 Å². The first-order chi connectivity index (χ1) is 13.6. The van der Waals surface area contributed by atoms with Crippen LogP contribution in [0.25, 0.3) is 0 Å². The predicted octanol–water partition coefficient (Wildman–Crippen LogP) is 2.85. The number of amides is 2. The van der Waals surface area contributed by atoms with Gasteiger partial charge in [-0.25, -0.2) is 0 Å². The van der Waals surface area contributed by atoms with Crippen molar-refractivity contribution in [1.82, 2.24) is 15.5 Å². The van der Waals surface area contributed by atoms with Gasteiger partial charge < -0.3 is 10.2 Å². The summed E-state index contributed by atoms with van der Waals surface area (Å²) in [7, 11) is 0. The Morgan fingerprint density at radius 1 is 1.21 bits per heavy atom. The van der Waals surface area contributed by atoms with Crippen molar-refractivity contribution in [2.45, 2.75) is 32.2 Å². The first-order valence-electron chi connectivity index (χ1n) is 9.52. The summed E-state index contributed by atoms with van der Waals surface area (Å²) in [5, 5.41) is 13.6. The molecule has 0 radical (unpaired) electrons. The molecule has 2 fully saturated rings. The lowest BCUT2D eigenvalue weighted by Gasteiger charge is -2.31. The predicted molar refractivity (Wildman–Crippen MR) is 110 cm³/mol. The number of anilines is 2. The molecule has 1 aromatic carbocycles. The Kier molecular flexibility index (Phi) is 5.77. The molecular formula is C19H22ClN5O2S. The van der Waals surface area contributed by atoms with Crippen LogP contribution in [0.4, 0.5) is 10.3 Å². The lowest BCUT2D eigenvalue weighted by Crippen LogP contribution is -2.43. The number of rotatable bonds is 5. The quantitative estimate of drug-likeness (QED) is 0.806. The molecule has 7 nitrogen and oxygen atoms in total. The molecule has 2 aromatic rings. The van der Waals surface area contributed by atoms with E-state index in [0.29, 0.717) is 36.2 Å². The fourth-order valence-corrected chi connectivity index (χ4v) is 4.76. The normalized spacial score (nSPS) is 19.9. The Morgan fingerprint density at radius 3 is 2.82 bits per heavy atom. The van der Waals surface area contributed by atoms with Gasteiger partial charge in [0.1, 0.15) is 0 Å². The van der Waals surface area contributed by atoms with Gasteiger partial charge in [0.2, 0.25) is 22.1 Å². The van der Waals surface area contributed by atoms with E-state index in [2.05, 4.69) is 20.4 Å². The minimum Gasteiger partial charge on any atom is -0.352 e. The molecule has 0 bridgehead atoms. The van der Waals surface area contributed by atoms with E-state index in [4.69, 9.17) is 11.6 Å². The lowest BCUT2D eigenvalue weighted by atomic mass is 9.97. The largest absolute Gasteiger partial charge is 0.352 e. The molecule has 4 rings (SSSR count). The number of benzene rings is 1. The fourth-order valence-electron chi connectivity index (χ4n) is 3.63. The van der Waals surface area contributed by atoms with Crippen molar-refractivity contribution in [2.75, 3.05) is 29.4 Å². The van der Waals surface area contributed by atoms with Gasteiger partial charge in [0.15, 0.2) is 0 Å². The van der Waals surface area contributed by atoms with Crippen molar-refractivity contribution < 1.29 is 9.59 Å². The van der Waals surface area contributed by atoms with Crippen LogP contribution < -0.4 is 15.1 Å². The number of carbonyl (C=O) groups is 2. The maximum absolute atomic E-state index is 12.7. The molecule has 0 aliphatic carbocycles. The van der Waals surface area contributed by atoms with Crippen molar-refractivity contribution in [3.05, 3.63) is 34.9 Å². The van der Waals surface area contributed by atoms with E-state index in [1.165, 1.54) is 11.3 Å². The SMILES string of the molecule is O=C(NCc1ccccc1Cl)C1CCCN(c2nnc(N3CCCC3=O)s2)C1. The monoisotopic (exact) mass is 419 g/mol. The second kappa shape index (κ2) is 8.45. The van der Waals surface area contributed by atoms with Crippen LogP contribution in [-0.4, -0.2) is 41.6 Å². The summed E-state index contributed by atoms with van der Waals surface area (Å²) in [5.41, 5.74) is 0.911.